The summed E-state index contributed by atoms with van der Waals surface area (Å²) in [5.74, 6) is 0. The van der Waals surface area contributed by atoms with Crippen LogP contribution >= 0.6 is 11.6 Å². The van der Waals surface area contributed by atoms with Gasteiger partial charge in [-0.05, 0) is 39.2 Å². The van der Waals surface area contributed by atoms with Gasteiger partial charge in [-0.3, -0.25) is 0 Å². The Labute approximate surface area is 122 Å². The van der Waals surface area contributed by atoms with Crippen molar-refractivity contribution in [1.29, 1.82) is 0 Å². The maximum absolute atomic E-state index is 12.8. The normalized spacial score (nSPS) is 11.8. The molecule has 0 radical (unpaired) electrons. The molecule has 0 spiro atoms. The Bertz CT molecular complexity index is 447. The van der Waals surface area contributed by atoms with Crippen molar-refractivity contribution in [3.63, 3.8) is 0 Å². The van der Waals surface area contributed by atoms with Crippen molar-refractivity contribution in [3.05, 3.63) is 22.7 Å². The standard InChI is InChI=1S/C13H19ClF3N3/c1-18-12-10(14)7-9(13(15,16)17)8-11(12)19-5-4-6-20(2)3/h7-8,18-19H,4-6H2,1-3H3. The van der Waals surface area contributed by atoms with Crippen LogP contribution in [0.15, 0.2) is 12.1 Å². The summed E-state index contributed by atoms with van der Waals surface area (Å²) < 4.78 is 38.3. The number of alkyl halides is 3. The van der Waals surface area contributed by atoms with Gasteiger partial charge in [0.05, 0.1) is 22.0 Å². The van der Waals surface area contributed by atoms with Crippen LogP contribution in [0.1, 0.15) is 12.0 Å². The van der Waals surface area contributed by atoms with E-state index in [2.05, 4.69) is 10.6 Å². The maximum Gasteiger partial charge on any atom is 0.416 e. The van der Waals surface area contributed by atoms with Gasteiger partial charge in [0.15, 0.2) is 0 Å². The zero-order valence-corrected chi connectivity index (χ0v) is 12.5. The van der Waals surface area contributed by atoms with Crippen LogP contribution < -0.4 is 10.6 Å². The van der Waals surface area contributed by atoms with E-state index >= 15 is 0 Å². The Morgan fingerprint density at radius 2 is 1.90 bits per heavy atom. The van der Waals surface area contributed by atoms with Gasteiger partial charge in [0.1, 0.15) is 0 Å². The summed E-state index contributed by atoms with van der Waals surface area (Å²) in [5, 5.41) is 5.87. The van der Waals surface area contributed by atoms with E-state index in [-0.39, 0.29) is 5.02 Å². The number of anilines is 2. The monoisotopic (exact) mass is 309 g/mol. The van der Waals surface area contributed by atoms with Gasteiger partial charge >= 0.3 is 6.18 Å². The van der Waals surface area contributed by atoms with Crippen LogP contribution in [0.2, 0.25) is 5.02 Å². The second kappa shape index (κ2) is 7.04. The number of hydrogen-bond acceptors (Lipinski definition) is 3. The number of nitrogens with zero attached hydrogens (tertiary/aromatic N) is 1. The van der Waals surface area contributed by atoms with Crippen LogP contribution in [0.3, 0.4) is 0 Å². The smallest absolute Gasteiger partial charge is 0.385 e. The number of hydrogen-bond donors (Lipinski definition) is 2. The molecular formula is C13H19ClF3N3. The minimum absolute atomic E-state index is 0.0532. The minimum Gasteiger partial charge on any atom is -0.385 e. The minimum atomic E-state index is -4.41. The van der Waals surface area contributed by atoms with E-state index in [9.17, 15) is 13.2 Å². The molecule has 1 aromatic carbocycles. The number of benzene rings is 1. The molecule has 1 rings (SSSR count). The van der Waals surface area contributed by atoms with Crippen LogP contribution in [0, 0.1) is 0 Å². The molecule has 0 unspecified atom stereocenters. The number of rotatable bonds is 6. The Morgan fingerprint density at radius 3 is 2.40 bits per heavy atom. The van der Waals surface area contributed by atoms with Crippen molar-refractivity contribution in [2.45, 2.75) is 12.6 Å². The average molecular weight is 310 g/mol. The van der Waals surface area contributed by atoms with Crippen molar-refractivity contribution < 1.29 is 13.2 Å². The molecule has 0 saturated carbocycles. The highest BCUT2D eigenvalue weighted by Gasteiger charge is 2.32. The largest absolute Gasteiger partial charge is 0.416 e. The van der Waals surface area contributed by atoms with Gasteiger partial charge in [-0.1, -0.05) is 11.6 Å². The summed E-state index contributed by atoms with van der Waals surface area (Å²) in [7, 11) is 5.51. The molecule has 7 heteroatoms. The van der Waals surface area contributed by atoms with Crippen LogP contribution in [-0.2, 0) is 6.18 Å². The predicted molar refractivity (Wildman–Crippen MR) is 77.7 cm³/mol. The zero-order chi connectivity index (χ0) is 15.3. The fourth-order valence-corrected chi connectivity index (χ4v) is 2.10. The van der Waals surface area contributed by atoms with Crippen molar-refractivity contribution in [2.24, 2.45) is 0 Å². The van der Waals surface area contributed by atoms with Crippen molar-refractivity contribution in [1.82, 2.24) is 4.90 Å². The van der Waals surface area contributed by atoms with E-state index in [1.54, 1.807) is 7.05 Å². The first-order valence-corrected chi connectivity index (χ1v) is 6.60. The van der Waals surface area contributed by atoms with Crippen LogP contribution in [-0.4, -0.2) is 39.1 Å². The molecule has 3 nitrogen and oxygen atoms in total. The van der Waals surface area contributed by atoms with Crippen LogP contribution in [0.25, 0.3) is 0 Å². The van der Waals surface area contributed by atoms with Gasteiger partial charge in [-0.2, -0.15) is 13.2 Å². The SMILES string of the molecule is CNc1c(Cl)cc(C(F)(F)F)cc1NCCCN(C)C. The van der Waals surface area contributed by atoms with Gasteiger partial charge < -0.3 is 15.5 Å². The summed E-state index contributed by atoms with van der Waals surface area (Å²) in [6.45, 7) is 1.43. The lowest BCUT2D eigenvalue weighted by Crippen LogP contribution is -2.17. The lowest BCUT2D eigenvalue weighted by atomic mass is 10.1. The number of halogens is 4. The third-order valence-electron chi connectivity index (χ3n) is 2.77. The van der Waals surface area contributed by atoms with E-state index in [0.717, 1.165) is 25.1 Å². The quantitative estimate of drug-likeness (QED) is 0.783. The molecule has 0 aromatic heterocycles. The molecule has 0 bridgehead atoms. The average Bonchev–Trinajstić information content (AvgIpc) is 2.32. The third kappa shape index (κ3) is 4.76. The number of nitrogens with one attached hydrogen (secondary N) is 2. The lowest BCUT2D eigenvalue weighted by molar-refractivity contribution is -0.137. The van der Waals surface area contributed by atoms with Gasteiger partial charge in [0.2, 0.25) is 0 Å². The molecule has 114 valence electrons. The maximum atomic E-state index is 12.8. The second-order valence-corrected chi connectivity index (χ2v) is 5.12. The fraction of sp³-hybridized carbons (Fsp3) is 0.538. The Morgan fingerprint density at radius 1 is 1.25 bits per heavy atom. The van der Waals surface area contributed by atoms with Gasteiger partial charge in [-0.15, -0.1) is 0 Å². The molecule has 1 aromatic rings. The summed E-state index contributed by atoms with van der Waals surface area (Å²) in [6.07, 6.45) is -3.58. The molecule has 0 amide bonds. The molecule has 0 saturated heterocycles. The van der Waals surface area contributed by atoms with E-state index in [4.69, 9.17) is 11.6 Å². The summed E-state index contributed by atoms with van der Waals surface area (Å²) >= 11 is 5.89. The van der Waals surface area contributed by atoms with E-state index in [0.29, 0.717) is 17.9 Å². The van der Waals surface area contributed by atoms with Gasteiger partial charge in [-0.25, -0.2) is 0 Å². The topological polar surface area (TPSA) is 27.3 Å². The molecular weight excluding hydrogens is 291 g/mol. The Hall–Kier alpha value is -1.14. The first-order valence-electron chi connectivity index (χ1n) is 6.22. The van der Waals surface area contributed by atoms with Crippen molar-refractivity contribution in [3.8, 4) is 0 Å². The van der Waals surface area contributed by atoms with E-state index < -0.39 is 11.7 Å². The van der Waals surface area contributed by atoms with E-state index in [1.165, 1.54) is 0 Å². The summed E-state index contributed by atoms with van der Waals surface area (Å²) in [4.78, 5) is 2.01. The lowest BCUT2D eigenvalue weighted by Gasteiger charge is -2.17. The highest BCUT2D eigenvalue weighted by atomic mass is 35.5. The third-order valence-corrected chi connectivity index (χ3v) is 3.06. The van der Waals surface area contributed by atoms with Crippen LogP contribution in [0.4, 0.5) is 24.5 Å². The summed E-state index contributed by atoms with van der Waals surface area (Å²) in [5.41, 5.74) is 0.0900. The first-order chi connectivity index (χ1) is 9.25. The molecule has 0 heterocycles. The van der Waals surface area contributed by atoms with E-state index in [1.807, 2.05) is 19.0 Å². The van der Waals surface area contributed by atoms with Crippen LogP contribution in [0.5, 0.6) is 0 Å². The fourth-order valence-electron chi connectivity index (χ4n) is 1.78. The molecule has 20 heavy (non-hydrogen) atoms. The first kappa shape index (κ1) is 16.9. The molecule has 2 N–H and O–H groups in total. The highest BCUT2D eigenvalue weighted by Crippen LogP contribution is 2.38. The highest BCUT2D eigenvalue weighted by molar-refractivity contribution is 6.34. The predicted octanol–water partition coefficient (Wildman–Crippen LogP) is 3.76. The molecule has 0 atom stereocenters. The molecule has 0 aliphatic rings. The van der Waals surface area contributed by atoms with Crippen molar-refractivity contribution in [2.75, 3.05) is 44.9 Å². The molecule has 0 aliphatic heterocycles. The summed E-state index contributed by atoms with van der Waals surface area (Å²) in [6, 6.07) is 2.01. The van der Waals surface area contributed by atoms with Gasteiger partial charge in [0.25, 0.3) is 0 Å². The van der Waals surface area contributed by atoms with Crippen molar-refractivity contribution >= 4 is 23.0 Å². The second-order valence-electron chi connectivity index (χ2n) is 4.71. The zero-order valence-electron chi connectivity index (χ0n) is 11.7. The van der Waals surface area contributed by atoms with Gasteiger partial charge in [0, 0.05) is 13.6 Å². The Balaban J connectivity index is 2.89. The Kier molecular flexibility index (Phi) is 5.95. The molecule has 0 fully saturated rings. The molecule has 0 aliphatic carbocycles.